The average molecular weight is 452 g/mol. The lowest BCUT2D eigenvalue weighted by Gasteiger charge is -2.31. The first-order chi connectivity index (χ1) is 16.2. The fraction of sp³-hybridized carbons (Fsp3) is 0.423. The normalized spacial score (nSPS) is 13.8. The number of fused-ring (bicyclic) bond motifs is 1. The molecule has 1 amide bonds. The molecule has 0 aliphatic carbocycles. The van der Waals surface area contributed by atoms with Crippen LogP contribution >= 0.6 is 0 Å². The molecule has 1 aliphatic rings. The van der Waals surface area contributed by atoms with Gasteiger partial charge in [-0.1, -0.05) is 18.2 Å². The monoisotopic (exact) mass is 451 g/mol. The fourth-order valence-electron chi connectivity index (χ4n) is 4.23. The van der Waals surface area contributed by atoms with Crippen molar-refractivity contribution in [3.05, 3.63) is 48.2 Å². The van der Waals surface area contributed by atoms with E-state index < -0.39 is 0 Å². The smallest absolute Gasteiger partial charge is 0.224 e. The zero-order chi connectivity index (χ0) is 23.0. The zero-order valence-electron chi connectivity index (χ0n) is 19.5. The van der Waals surface area contributed by atoms with Crippen molar-refractivity contribution in [1.82, 2.24) is 4.98 Å². The quantitative estimate of drug-likeness (QED) is 0.465. The molecule has 0 atom stereocenters. The molecule has 33 heavy (non-hydrogen) atoms. The molecule has 7 heteroatoms. The number of amides is 1. The van der Waals surface area contributed by atoms with E-state index in [9.17, 15) is 4.79 Å². The van der Waals surface area contributed by atoms with Crippen LogP contribution in [0, 0.1) is 0 Å². The van der Waals surface area contributed by atoms with Crippen molar-refractivity contribution in [2.75, 3.05) is 49.7 Å². The maximum atomic E-state index is 12.8. The Bertz CT molecular complexity index is 1070. The second kappa shape index (κ2) is 11.1. The molecule has 0 unspecified atom stereocenters. The molecule has 1 aromatic heterocycles. The number of hydrogen-bond acceptors (Lipinski definition) is 5. The highest BCUT2D eigenvalue weighted by molar-refractivity contribution is 5.93. The number of aromatic amines is 1. The van der Waals surface area contributed by atoms with Gasteiger partial charge in [0.1, 0.15) is 11.5 Å². The van der Waals surface area contributed by atoms with Crippen molar-refractivity contribution in [1.29, 1.82) is 0 Å². The van der Waals surface area contributed by atoms with Crippen LogP contribution in [0.15, 0.2) is 42.6 Å². The Morgan fingerprint density at radius 1 is 1.09 bits per heavy atom. The van der Waals surface area contributed by atoms with Crippen LogP contribution in [0.25, 0.3) is 10.9 Å². The van der Waals surface area contributed by atoms with E-state index in [1.165, 1.54) is 10.9 Å². The van der Waals surface area contributed by atoms with Crippen LogP contribution in [0.5, 0.6) is 11.5 Å². The molecule has 4 rings (SSSR count). The van der Waals surface area contributed by atoms with Crippen LogP contribution in [0.1, 0.15) is 32.3 Å². The molecule has 0 bridgehead atoms. The average Bonchev–Trinajstić information content (AvgIpc) is 3.24. The number of benzene rings is 2. The summed E-state index contributed by atoms with van der Waals surface area (Å²) in [7, 11) is 0. The number of nitrogens with zero attached hydrogens (tertiary/aromatic N) is 1. The van der Waals surface area contributed by atoms with Gasteiger partial charge in [-0.05, 0) is 38.3 Å². The van der Waals surface area contributed by atoms with E-state index in [4.69, 9.17) is 14.2 Å². The van der Waals surface area contributed by atoms with Gasteiger partial charge in [0.15, 0.2) is 0 Å². The van der Waals surface area contributed by atoms with Crippen LogP contribution < -0.4 is 19.7 Å². The van der Waals surface area contributed by atoms with Gasteiger partial charge in [-0.3, -0.25) is 4.79 Å². The van der Waals surface area contributed by atoms with Crippen LogP contribution in [-0.4, -0.2) is 50.4 Å². The third kappa shape index (κ3) is 5.60. The van der Waals surface area contributed by atoms with E-state index in [-0.39, 0.29) is 5.91 Å². The number of ether oxygens (including phenoxy) is 3. The number of aromatic nitrogens is 1. The van der Waals surface area contributed by atoms with Gasteiger partial charge in [-0.2, -0.15) is 0 Å². The molecule has 1 aliphatic heterocycles. The summed E-state index contributed by atoms with van der Waals surface area (Å²) in [5.74, 6) is 1.38. The van der Waals surface area contributed by atoms with Crippen LogP contribution in [0.3, 0.4) is 0 Å². The Balaban J connectivity index is 1.44. The minimum absolute atomic E-state index is 0.0302. The predicted octanol–water partition coefficient (Wildman–Crippen LogP) is 4.76. The Morgan fingerprint density at radius 2 is 1.85 bits per heavy atom. The lowest BCUT2D eigenvalue weighted by Crippen LogP contribution is -2.36. The molecule has 1 fully saturated rings. The van der Waals surface area contributed by atoms with Crippen molar-refractivity contribution in [3.63, 3.8) is 0 Å². The molecule has 1 saturated heterocycles. The summed E-state index contributed by atoms with van der Waals surface area (Å²) in [5, 5.41) is 4.27. The number of carbonyl (C=O) groups excluding carboxylic acids is 1. The van der Waals surface area contributed by atoms with E-state index in [0.29, 0.717) is 44.3 Å². The van der Waals surface area contributed by atoms with E-state index in [1.54, 1.807) is 0 Å². The number of aryl methyl sites for hydroxylation is 1. The first-order valence-corrected chi connectivity index (χ1v) is 11.8. The van der Waals surface area contributed by atoms with Crippen LogP contribution in [0.4, 0.5) is 11.4 Å². The topological polar surface area (TPSA) is 75.8 Å². The van der Waals surface area contributed by atoms with E-state index in [0.717, 1.165) is 42.9 Å². The summed E-state index contributed by atoms with van der Waals surface area (Å²) in [6.45, 7) is 7.93. The van der Waals surface area contributed by atoms with Crippen molar-refractivity contribution in [2.45, 2.75) is 33.1 Å². The highest BCUT2D eigenvalue weighted by atomic mass is 16.5. The molecular weight excluding hydrogens is 418 g/mol. The number of hydrogen-bond donors (Lipinski definition) is 2. The van der Waals surface area contributed by atoms with E-state index >= 15 is 0 Å². The number of anilines is 2. The fourth-order valence-corrected chi connectivity index (χ4v) is 4.23. The summed E-state index contributed by atoms with van der Waals surface area (Å²) >= 11 is 0. The highest BCUT2D eigenvalue weighted by Crippen LogP contribution is 2.39. The number of rotatable bonds is 10. The molecule has 0 radical (unpaired) electrons. The minimum Gasteiger partial charge on any atom is -0.492 e. The zero-order valence-corrected chi connectivity index (χ0v) is 19.5. The van der Waals surface area contributed by atoms with Gasteiger partial charge in [-0.25, -0.2) is 0 Å². The summed E-state index contributed by atoms with van der Waals surface area (Å²) in [6, 6.07) is 12.1. The molecule has 176 valence electrons. The number of nitrogens with one attached hydrogen (secondary N) is 2. The first kappa shape index (κ1) is 23.0. The Hall–Kier alpha value is -3.19. The summed E-state index contributed by atoms with van der Waals surface area (Å²) in [5.41, 5.74) is 3.99. The van der Waals surface area contributed by atoms with Crippen molar-refractivity contribution < 1.29 is 19.0 Å². The summed E-state index contributed by atoms with van der Waals surface area (Å²) < 4.78 is 17.3. The highest BCUT2D eigenvalue weighted by Gasteiger charge is 2.20. The van der Waals surface area contributed by atoms with Gasteiger partial charge >= 0.3 is 0 Å². The Labute approximate surface area is 195 Å². The maximum Gasteiger partial charge on any atom is 0.224 e. The van der Waals surface area contributed by atoms with E-state index in [2.05, 4.69) is 27.3 Å². The molecule has 3 aromatic rings. The van der Waals surface area contributed by atoms with Gasteiger partial charge in [0.2, 0.25) is 5.91 Å². The lowest BCUT2D eigenvalue weighted by atomic mass is 10.1. The number of H-pyrrole nitrogens is 1. The second-order valence-electron chi connectivity index (χ2n) is 8.04. The maximum absolute atomic E-state index is 12.8. The number of para-hydroxylation sites is 1. The van der Waals surface area contributed by atoms with Gasteiger partial charge in [0, 0.05) is 48.7 Å². The van der Waals surface area contributed by atoms with Crippen molar-refractivity contribution in [2.24, 2.45) is 0 Å². The summed E-state index contributed by atoms with van der Waals surface area (Å²) in [4.78, 5) is 18.3. The van der Waals surface area contributed by atoms with Crippen LogP contribution in [-0.2, 0) is 16.0 Å². The van der Waals surface area contributed by atoms with Gasteiger partial charge < -0.3 is 29.4 Å². The first-order valence-electron chi connectivity index (χ1n) is 11.8. The minimum atomic E-state index is -0.0302. The number of morpholine rings is 1. The Kier molecular flexibility index (Phi) is 7.73. The SMILES string of the molecule is CCOc1cc(N2CCOCC2)c(OCC)cc1NC(=O)CCCc1c[nH]c2ccccc12. The number of carbonyl (C=O) groups is 1. The molecule has 2 heterocycles. The Morgan fingerprint density at radius 3 is 2.64 bits per heavy atom. The molecule has 0 saturated carbocycles. The standard InChI is InChI=1S/C26H33N3O4/c1-3-32-24-17-23(29-12-14-31-15-13-29)25(33-4-2)16-22(24)28-26(30)11-7-8-19-18-27-21-10-6-5-9-20(19)21/h5-6,9-10,16-18,27H,3-4,7-8,11-15H2,1-2H3,(H,28,30). The lowest BCUT2D eigenvalue weighted by molar-refractivity contribution is -0.116. The van der Waals surface area contributed by atoms with Crippen molar-refractivity contribution in [3.8, 4) is 11.5 Å². The summed E-state index contributed by atoms with van der Waals surface area (Å²) in [6.07, 6.45) is 4.08. The molecular formula is C26H33N3O4. The van der Waals surface area contributed by atoms with E-state index in [1.807, 2.05) is 44.3 Å². The molecule has 2 aromatic carbocycles. The molecule has 7 nitrogen and oxygen atoms in total. The van der Waals surface area contributed by atoms with Gasteiger partial charge in [-0.15, -0.1) is 0 Å². The molecule has 0 spiro atoms. The predicted molar refractivity (Wildman–Crippen MR) is 132 cm³/mol. The van der Waals surface area contributed by atoms with Gasteiger partial charge in [0.05, 0.1) is 37.8 Å². The second-order valence-corrected chi connectivity index (χ2v) is 8.04. The molecule has 2 N–H and O–H groups in total. The third-order valence-corrected chi connectivity index (χ3v) is 5.81. The largest absolute Gasteiger partial charge is 0.492 e. The van der Waals surface area contributed by atoms with Crippen LogP contribution in [0.2, 0.25) is 0 Å². The van der Waals surface area contributed by atoms with Gasteiger partial charge in [0.25, 0.3) is 0 Å². The third-order valence-electron chi connectivity index (χ3n) is 5.81. The van der Waals surface area contributed by atoms with Crippen molar-refractivity contribution >= 4 is 28.2 Å².